The van der Waals surface area contributed by atoms with Crippen LogP contribution in [0.4, 0.5) is 0 Å². The first-order valence-corrected chi connectivity index (χ1v) is 8.86. The molecule has 0 atom stereocenters. The molecular formula is C15H20ClNO4S. The van der Waals surface area contributed by atoms with Crippen molar-refractivity contribution in [2.45, 2.75) is 20.3 Å². The number of carbonyl (C=O) groups is 1. The Morgan fingerprint density at radius 2 is 1.91 bits per heavy atom. The summed E-state index contributed by atoms with van der Waals surface area (Å²) in [7, 11) is -3.69. The molecule has 7 heteroatoms. The van der Waals surface area contributed by atoms with Crippen LogP contribution in [0.5, 0.6) is 0 Å². The Kier molecular flexibility index (Phi) is 7.58. The van der Waals surface area contributed by atoms with E-state index in [1.165, 1.54) is 6.08 Å². The van der Waals surface area contributed by atoms with Gasteiger partial charge in [0, 0.05) is 17.0 Å². The highest BCUT2D eigenvalue weighted by Crippen LogP contribution is 2.13. The van der Waals surface area contributed by atoms with E-state index in [9.17, 15) is 13.2 Å². The lowest BCUT2D eigenvalue weighted by Crippen LogP contribution is -2.35. The van der Waals surface area contributed by atoms with E-state index in [4.69, 9.17) is 16.3 Å². The van der Waals surface area contributed by atoms with Crippen molar-refractivity contribution in [1.29, 1.82) is 0 Å². The largest absolute Gasteiger partial charge is 0.465 e. The van der Waals surface area contributed by atoms with Gasteiger partial charge in [0.25, 0.3) is 0 Å². The molecule has 5 nitrogen and oxygen atoms in total. The Morgan fingerprint density at radius 1 is 1.27 bits per heavy atom. The summed E-state index contributed by atoms with van der Waals surface area (Å²) in [6.45, 7) is 3.72. The molecule has 0 aliphatic rings. The van der Waals surface area contributed by atoms with Crippen LogP contribution in [0.15, 0.2) is 29.7 Å². The van der Waals surface area contributed by atoms with Gasteiger partial charge in [0.1, 0.15) is 6.54 Å². The van der Waals surface area contributed by atoms with E-state index in [2.05, 4.69) is 0 Å². The van der Waals surface area contributed by atoms with Gasteiger partial charge >= 0.3 is 5.97 Å². The molecule has 1 rings (SSSR count). The van der Waals surface area contributed by atoms with Gasteiger partial charge in [-0.3, -0.25) is 4.79 Å². The molecule has 0 unspecified atom stereocenters. The Hall–Kier alpha value is -1.37. The second-order valence-electron chi connectivity index (χ2n) is 4.54. The minimum atomic E-state index is -3.69. The molecule has 0 saturated carbocycles. The molecule has 0 aromatic heterocycles. The van der Waals surface area contributed by atoms with Crippen LogP contribution >= 0.6 is 11.6 Å². The zero-order valence-electron chi connectivity index (χ0n) is 12.7. The van der Waals surface area contributed by atoms with E-state index in [-0.39, 0.29) is 19.7 Å². The van der Waals surface area contributed by atoms with E-state index in [1.54, 1.807) is 31.2 Å². The molecule has 1 aromatic rings. The number of ether oxygens (including phenoxy) is 1. The fraction of sp³-hybridized carbons (Fsp3) is 0.400. The summed E-state index contributed by atoms with van der Waals surface area (Å²) in [6, 6.07) is 6.78. The van der Waals surface area contributed by atoms with Gasteiger partial charge < -0.3 is 4.74 Å². The normalized spacial score (nSPS) is 12.0. The molecule has 0 N–H and O–H groups in total. The fourth-order valence-corrected chi connectivity index (χ4v) is 3.07. The van der Waals surface area contributed by atoms with Gasteiger partial charge in [-0.1, -0.05) is 30.7 Å². The van der Waals surface area contributed by atoms with Crippen LogP contribution in [0.2, 0.25) is 5.02 Å². The Morgan fingerprint density at radius 3 is 2.45 bits per heavy atom. The van der Waals surface area contributed by atoms with Gasteiger partial charge in [0.15, 0.2) is 0 Å². The number of nitrogens with zero attached hydrogens (tertiary/aromatic N) is 1. The van der Waals surface area contributed by atoms with E-state index in [0.717, 1.165) is 9.71 Å². The number of hydrogen-bond donors (Lipinski definition) is 0. The van der Waals surface area contributed by atoms with Crippen molar-refractivity contribution in [2.24, 2.45) is 0 Å². The van der Waals surface area contributed by atoms with Crippen molar-refractivity contribution in [1.82, 2.24) is 4.31 Å². The third-order valence-electron chi connectivity index (χ3n) is 2.75. The van der Waals surface area contributed by atoms with Gasteiger partial charge in [-0.25, -0.2) is 8.42 Å². The molecule has 0 aliphatic heterocycles. The monoisotopic (exact) mass is 345 g/mol. The smallest absolute Gasteiger partial charge is 0.321 e. The van der Waals surface area contributed by atoms with Crippen LogP contribution in [-0.4, -0.2) is 38.4 Å². The molecule has 22 heavy (non-hydrogen) atoms. The predicted molar refractivity (Wildman–Crippen MR) is 87.9 cm³/mol. The summed E-state index contributed by atoms with van der Waals surface area (Å²) in [6.07, 6.45) is 2.08. The first-order valence-electron chi connectivity index (χ1n) is 6.98. The number of esters is 1. The molecule has 0 spiro atoms. The molecule has 0 saturated heterocycles. The highest BCUT2D eigenvalue weighted by atomic mass is 35.5. The SMILES string of the molecule is CCCN(CC(=O)OCC)S(=O)(=O)/C=C/c1ccc(Cl)cc1. The molecule has 0 radical (unpaired) electrons. The zero-order valence-corrected chi connectivity index (χ0v) is 14.2. The van der Waals surface area contributed by atoms with E-state index in [0.29, 0.717) is 17.0 Å². The lowest BCUT2D eigenvalue weighted by Gasteiger charge is -2.18. The van der Waals surface area contributed by atoms with E-state index < -0.39 is 16.0 Å². The first-order chi connectivity index (χ1) is 10.4. The van der Waals surface area contributed by atoms with Crippen molar-refractivity contribution < 1.29 is 17.9 Å². The predicted octanol–water partition coefficient (Wildman–Crippen LogP) is 2.92. The number of hydrogen-bond acceptors (Lipinski definition) is 4. The van der Waals surface area contributed by atoms with Crippen molar-refractivity contribution in [3.05, 3.63) is 40.3 Å². The summed E-state index contributed by atoms with van der Waals surface area (Å²) in [5, 5.41) is 1.67. The first kappa shape index (κ1) is 18.7. The van der Waals surface area contributed by atoms with Crippen LogP contribution in [-0.2, 0) is 19.6 Å². The van der Waals surface area contributed by atoms with Gasteiger partial charge in [-0.15, -0.1) is 0 Å². The third kappa shape index (κ3) is 6.17. The second-order valence-corrected chi connectivity index (χ2v) is 6.79. The second kappa shape index (κ2) is 8.92. The van der Waals surface area contributed by atoms with Crippen molar-refractivity contribution in [2.75, 3.05) is 19.7 Å². The molecule has 0 heterocycles. The van der Waals surface area contributed by atoms with Gasteiger partial charge in [-0.05, 0) is 37.1 Å². The van der Waals surface area contributed by atoms with Crippen LogP contribution in [0, 0.1) is 0 Å². The molecule has 122 valence electrons. The minimum Gasteiger partial charge on any atom is -0.465 e. The summed E-state index contributed by atoms with van der Waals surface area (Å²) in [5.41, 5.74) is 0.709. The van der Waals surface area contributed by atoms with Crippen LogP contribution in [0.1, 0.15) is 25.8 Å². The standard InChI is InChI=1S/C15H20ClNO4S/c1-3-10-17(12-15(18)21-4-2)22(19,20)11-9-13-5-7-14(16)8-6-13/h5-9,11H,3-4,10,12H2,1-2H3/b11-9+. The average molecular weight is 346 g/mol. The maximum absolute atomic E-state index is 12.3. The van der Waals surface area contributed by atoms with Gasteiger partial charge in [0.05, 0.1) is 6.61 Å². The Labute approximate surface area is 136 Å². The Bertz CT molecular complexity index is 611. The molecule has 0 bridgehead atoms. The average Bonchev–Trinajstić information content (AvgIpc) is 2.46. The number of rotatable bonds is 8. The summed E-state index contributed by atoms with van der Waals surface area (Å²) in [4.78, 5) is 11.5. The minimum absolute atomic E-state index is 0.222. The third-order valence-corrected chi connectivity index (χ3v) is 4.51. The molecule has 0 aliphatic carbocycles. The van der Waals surface area contributed by atoms with Crippen LogP contribution in [0.3, 0.4) is 0 Å². The summed E-state index contributed by atoms with van der Waals surface area (Å²) in [5.74, 6) is -0.556. The summed E-state index contributed by atoms with van der Waals surface area (Å²) < 4.78 is 30.5. The molecular weight excluding hydrogens is 326 g/mol. The maximum Gasteiger partial charge on any atom is 0.321 e. The maximum atomic E-state index is 12.3. The Balaban J connectivity index is 2.86. The lowest BCUT2D eigenvalue weighted by atomic mass is 10.2. The van der Waals surface area contributed by atoms with Gasteiger partial charge in [0.2, 0.25) is 10.0 Å². The highest BCUT2D eigenvalue weighted by Gasteiger charge is 2.21. The molecule has 0 fully saturated rings. The van der Waals surface area contributed by atoms with E-state index >= 15 is 0 Å². The number of carbonyl (C=O) groups excluding carboxylic acids is 1. The van der Waals surface area contributed by atoms with Crippen LogP contribution < -0.4 is 0 Å². The molecule has 0 amide bonds. The highest BCUT2D eigenvalue weighted by molar-refractivity contribution is 7.92. The summed E-state index contributed by atoms with van der Waals surface area (Å²) >= 11 is 5.78. The van der Waals surface area contributed by atoms with Crippen LogP contribution in [0.25, 0.3) is 6.08 Å². The number of halogens is 1. The van der Waals surface area contributed by atoms with Gasteiger partial charge in [-0.2, -0.15) is 4.31 Å². The number of benzene rings is 1. The molecule has 1 aromatic carbocycles. The van der Waals surface area contributed by atoms with Crippen molar-refractivity contribution >= 4 is 33.7 Å². The number of sulfonamides is 1. The van der Waals surface area contributed by atoms with E-state index in [1.807, 2.05) is 6.92 Å². The van der Waals surface area contributed by atoms with Crippen molar-refractivity contribution in [3.8, 4) is 0 Å². The zero-order chi connectivity index (χ0) is 16.6. The lowest BCUT2D eigenvalue weighted by molar-refractivity contribution is -0.143. The van der Waals surface area contributed by atoms with Crippen molar-refractivity contribution in [3.63, 3.8) is 0 Å². The topological polar surface area (TPSA) is 63.7 Å². The fourth-order valence-electron chi connectivity index (χ4n) is 1.72. The quantitative estimate of drug-likeness (QED) is 0.679.